The smallest absolute Gasteiger partial charge is 0.410 e. The average molecular weight is 395 g/mol. The fraction of sp³-hybridized carbons (Fsp3) is 0.632. The van der Waals surface area contributed by atoms with Gasteiger partial charge in [0.25, 0.3) is 0 Å². The fourth-order valence-electron chi connectivity index (χ4n) is 4.50. The number of hydrogen-bond donors (Lipinski definition) is 0. The molecule has 0 radical (unpaired) electrons. The Morgan fingerprint density at radius 1 is 1.33 bits per heavy atom. The highest BCUT2D eigenvalue weighted by atomic mass is 35.5. The van der Waals surface area contributed by atoms with Crippen molar-refractivity contribution in [1.29, 1.82) is 0 Å². The van der Waals surface area contributed by atoms with Crippen LogP contribution in [0.15, 0.2) is 12.3 Å². The van der Waals surface area contributed by atoms with Crippen molar-refractivity contribution in [3.05, 3.63) is 23.2 Å². The number of nitrogens with zero attached hydrogens (tertiary/aromatic N) is 4. The largest absolute Gasteiger partial charge is 0.444 e. The van der Waals surface area contributed by atoms with Crippen LogP contribution < -0.4 is 0 Å². The number of alkyl halides is 1. The summed E-state index contributed by atoms with van der Waals surface area (Å²) in [6.07, 6.45) is 2.01. The van der Waals surface area contributed by atoms with Crippen LogP contribution in [0.4, 0.5) is 9.18 Å². The molecule has 6 nitrogen and oxygen atoms in total. The molecule has 8 heteroatoms. The average Bonchev–Trinajstić information content (AvgIpc) is 3.06. The highest BCUT2D eigenvalue weighted by molar-refractivity contribution is 6.28. The zero-order valence-electron chi connectivity index (χ0n) is 15.9. The maximum atomic E-state index is 15.6. The van der Waals surface area contributed by atoms with Crippen LogP contribution in [0.2, 0.25) is 5.28 Å². The molecule has 0 saturated carbocycles. The summed E-state index contributed by atoms with van der Waals surface area (Å²) in [5.41, 5.74) is 0.963. The van der Waals surface area contributed by atoms with E-state index in [9.17, 15) is 4.79 Å². The van der Waals surface area contributed by atoms with E-state index in [0.717, 1.165) is 17.5 Å². The van der Waals surface area contributed by atoms with Gasteiger partial charge in [-0.3, -0.25) is 4.90 Å². The van der Waals surface area contributed by atoms with Crippen molar-refractivity contribution in [3.8, 4) is 0 Å². The molecule has 1 amide bonds. The lowest BCUT2D eigenvalue weighted by Gasteiger charge is -2.42. The first-order valence-corrected chi connectivity index (χ1v) is 9.69. The van der Waals surface area contributed by atoms with Gasteiger partial charge < -0.3 is 9.30 Å². The third kappa shape index (κ3) is 3.16. The molecule has 2 bridgehead atoms. The van der Waals surface area contributed by atoms with E-state index in [1.165, 1.54) is 0 Å². The van der Waals surface area contributed by atoms with Gasteiger partial charge >= 0.3 is 6.09 Å². The first-order valence-electron chi connectivity index (χ1n) is 9.31. The molecule has 2 aliphatic heterocycles. The first-order chi connectivity index (χ1) is 12.7. The van der Waals surface area contributed by atoms with Crippen LogP contribution in [0.5, 0.6) is 0 Å². The van der Waals surface area contributed by atoms with Crippen LogP contribution in [0.3, 0.4) is 0 Å². The molecule has 2 aromatic rings. The molecule has 0 aromatic carbocycles. The highest BCUT2D eigenvalue weighted by Gasteiger charge is 2.51. The van der Waals surface area contributed by atoms with Crippen LogP contribution in [0.25, 0.3) is 11.0 Å². The zero-order chi connectivity index (χ0) is 19.5. The van der Waals surface area contributed by atoms with E-state index >= 15 is 4.39 Å². The lowest BCUT2D eigenvalue weighted by atomic mass is 9.95. The number of halogens is 2. The van der Waals surface area contributed by atoms with Crippen molar-refractivity contribution < 1.29 is 13.9 Å². The van der Waals surface area contributed by atoms with Crippen LogP contribution in [0.1, 0.15) is 51.8 Å². The first kappa shape index (κ1) is 18.5. The third-order valence-electron chi connectivity index (χ3n) is 5.47. The van der Waals surface area contributed by atoms with E-state index in [1.807, 2.05) is 38.3 Å². The Morgan fingerprint density at radius 3 is 2.78 bits per heavy atom. The summed E-state index contributed by atoms with van der Waals surface area (Å²) in [6.45, 7) is 7.41. The van der Waals surface area contributed by atoms with Crippen LogP contribution in [-0.4, -0.2) is 49.4 Å². The second-order valence-electron chi connectivity index (χ2n) is 8.51. The number of carbonyl (C=O) groups is 1. The third-order valence-corrected chi connectivity index (χ3v) is 5.65. The lowest BCUT2D eigenvalue weighted by Crippen LogP contribution is -2.54. The molecule has 0 unspecified atom stereocenters. The van der Waals surface area contributed by atoms with E-state index in [2.05, 4.69) is 9.97 Å². The van der Waals surface area contributed by atoms with Crippen LogP contribution >= 0.6 is 11.6 Å². The Morgan fingerprint density at radius 2 is 2.07 bits per heavy atom. The maximum absolute atomic E-state index is 15.6. The molecule has 2 saturated heterocycles. The van der Waals surface area contributed by atoms with Gasteiger partial charge in [0.15, 0.2) is 0 Å². The minimum atomic E-state index is -1.20. The summed E-state index contributed by atoms with van der Waals surface area (Å²) < 4.78 is 23.0. The van der Waals surface area contributed by atoms with E-state index in [0.29, 0.717) is 18.5 Å². The van der Waals surface area contributed by atoms with Gasteiger partial charge in [0, 0.05) is 23.3 Å². The predicted molar refractivity (Wildman–Crippen MR) is 101 cm³/mol. The second kappa shape index (κ2) is 6.33. The maximum Gasteiger partial charge on any atom is 0.410 e. The molecule has 0 spiro atoms. The molecule has 0 N–H and O–H groups in total. The summed E-state index contributed by atoms with van der Waals surface area (Å²) in [7, 11) is 0. The van der Waals surface area contributed by atoms with Gasteiger partial charge in [-0.25, -0.2) is 14.2 Å². The fourth-order valence-corrected chi connectivity index (χ4v) is 4.63. The molecule has 4 atom stereocenters. The molecule has 2 aromatic heterocycles. The van der Waals surface area contributed by atoms with Gasteiger partial charge in [0.1, 0.15) is 17.4 Å². The van der Waals surface area contributed by atoms with Crippen molar-refractivity contribution in [3.63, 3.8) is 0 Å². The van der Waals surface area contributed by atoms with Gasteiger partial charge in [-0.05, 0) is 64.6 Å². The van der Waals surface area contributed by atoms with Gasteiger partial charge in [-0.15, -0.1) is 0 Å². The summed E-state index contributed by atoms with van der Waals surface area (Å²) >= 11 is 5.97. The van der Waals surface area contributed by atoms with Crippen molar-refractivity contribution >= 4 is 28.7 Å². The summed E-state index contributed by atoms with van der Waals surface area (Å²) in [5, 5.41) is 0.984. The van der Waals surface area contributed by atoms with Crippen molar-refractivity contribution in [2.45, 2.75) is 76.9 Å². The SMILES string of the molecule is Cc1cc2cnc(Cl)nc2n1[C@@H]1C[C@H]2CC[C@@H]([C@@H]1F)N2C(=O)OC(C)(C)C. The van der Waals surface area contributed by atoms with E-state index in [1.54, 1.807) is 11.1 Å². The minimum absolute atomic E-state index is 0.0315. The Balaban J connectivity index is 1.67. The minimum Gasteiger partial charge on any atom is -0.444 e. The van der Waals surface area contributed by atoms with Gasteiger partial charge in [-0.1, -0.05) is 0 Å². The molecule has 4 rings (SSSR count). The Hall–Kier alpha value is -1.89. The predicted octanol–water partition coefficient (Wildman–Crippen LogP) is 4.44. The molecule has 4 heterocycles. The second-order valence-corrected chi connectivity index (χ2v) is 8.85. The quantitative estimate of drug-likeness (QED) is 0.670. The van der Waals surface area contributed by atoms with E-state index < -0.39 is 23.9 Å². The summed E-state index contributed by atoms with van der Waals surface area (Å²) in [6, 6.07) is 1.05. The number of hydrogen-bond acceptors (Lipinski definition) is 4. The molecule has 2 fully saturated rings. The number of aromatic nitrogens is 3. The van der Waals surface area contributed by atoms with Gasteiger partial charge in [0.05, 0.1) is 12.1 Å². The molecular weight excluding hydrogens is 371 g/mol. The van der Waals surface area contributed by atoms with E-state index in [4.69, 9.17) is 16.3 Å². The Bertz CT molecular complexity index is 894. The zero-order valence-corrected chi connectivity index (χ0v) is 16.7. The number of amides is 1. The molecule has 2 aliphatic rings. The van der Waals surface area contributed by atoms with Crippen molar-refractivity contribution in [2.75, 3.05) is 0 Å². The number of piperidine rings is 1. The number of ether oxygens (including phenoxy) is 1. The van der Waals surface area contributed by atoms with Crippen molar-refractivity contribution in [1.82, 2.24) is 19.4 Å². The summed E-state index contributed by atoms with van der Waals surface area (Å²) in [4.78, 5) is 22.6. The van der Waals surface area contributed by atoms with E-state index in [-0.39, 0.29) is 17.4 Å². The topological polar surface area (TPSA) is 60.2 Å². The lowest BCUT2D eigenvalue weighted by molar-refractivity contribution is -0.0175. The normalized spacial score (nSPS) is 28.0. The van der Waals surface area contributed by atoms with Crippen molar-refractivity contribution in [2.24, 2.45) is 0 Å². The van der Waals surface area contributed by atoms with Gasteiger partial charge in [-0.2, -0.15) is 4.98 Å². The standard InChI is InChI=1S/C19H24ClFN4O2/c1-10-7-11-9-22-17(20)23-16(11)24(10)14-8-12-5-6-13(15(14)21)25(12)18(26)27-19(2,3)4/h7,9,12-15H,5-6,8H2,1-4H3/t12-,13+,14-,15+/m1/s1. The Kier molecular flexibility index (Phi) is 4.33. The van der Waals surface area contributed by atoms with Crippen LogP contribution in [-0.2, 0) is 4.74 Å². The molecule has 146 valence electrons. The molecule has 0 aliphatic carbocycles. The summed E-state index contributed by atoms with van der Waals surface area (Å²) in [5.74, 6) is 0. The molecule has 27 heavy (non-hydrogen) atoms. The van der Waals surface area contributed by atoms with Gasteiger partial charge in [0.2, 0.25) is 5.28 Å². The number of aryl methyl sites for hydroxylation is 1. The monoisotopic (exact) mass is 394 g/mol. The molecular formula is C19H24ClFN4O2. The highest BCUT2D eigenvalue weighted by Crippen LogP contribution is 2.44. The number of rotatable bonds is 1. The number of fused-ring (bicyclic) bond motifs is 3. The Labute approximate surface area is 162 Å². The number of carbonyl (C=O) groups excluding carboxylic acids is 1. The van der Waals surface area contributed by atoms with Crippen LogP contribution in [0, 0.1) is 6.92 Å².